The molecule has 1 aliphatic heterocycles. The third-order valence-electron chi connectivity index (χ3n) is 6.74. The van der Waals surface area contributed by atoms with Crippen LogP contribution in [0.15, 0.2) is 36.8 Å². The molecule has 1 saturated carbocycles. The number of hydrogen-bond acceptors (Lipinski definition) is 5. The molecule has 0 radical (unpaired) electrons. The number of aromatic amines is 1. The SMILES string of the molecule is Cc1c([C@H]2CC3(CC3)CN2C)nc2cnc(NC(=O)c3ccc4[nH]ncc4c3)cn12. The van der Waals surface area contributed by atoms with E-state index in [2.05, 4.69) is 39.4 Å². The van der Waals surface area contributed by atoms with Gasteiger partial charge in [-0.1, -0.05) is 0 Å². The number of aromatic nitrogens is 5. The highest BCUT2D eigenvalue weighted by Crippen LogP contribution is 2.58. The zero-order valence-electron chi connectivity index (χ0n) is 17.0. The van der Waals surface area contributed by atoms with Gasteiger partial charge in [0.2, 0.25) is 0 Å². The molecule has 0 unspecified atom stereocenters. The van der Waals surface area contributed by atoms with Crippen molar-refractivity contribution in [3.63, 3.8) is 0 Å². The van der Waals surface area contributed by atoms with Crippen LogP contribution in [0.3, 0.4) is 0 Å². The van der Waals surface area contributed by atoms with Crippen molar-refractivity contribution in [2.75, 3.05) is 18.9 Å². The lowest BCUT2D eigenvalue weighted by Gasteiger charge is -2.17. The summed E-state index contributed by atoms with van der Waals surface area (Å²) in [5, 5.41) is 10.7. The smallest absolute Gasteiger partial charge is 0.256 e. The average molecular weight is 401 g/mol. The van der Waals surface area contributed by atoms with Crippen molar-refractivity contribution in [3.8, 4) is 0 Å². The molecule has 4 heterocycles. The molecule has 1 saturated heterocycles. The molecule has 2 aliphatic rings. The Labute approximate surface area is 173 Å². The largest absolute Gasteiger partial charge is 0.305 e. The minimum Gasteiger partial charge on any atom is -0.305 e. The van der Waals surface area contributed by atoms with Gasteiger partial charge in [0, 0.05) is 23.2 Å². The molecule has 1 amide bonds. The van der Waals surface area contributed by atoms with E-state index in [1.807, 2.05) is 22.7 Å². The van der Waals surface area contributed by atoms with Gasteiger partial charge in [0.25, 0.3) is 5.91 Å². The average Bonchev–Trinajstić information content (AvgIpc) is 3.07. The van der Waals surface area contributed by atoms with E-state index in [-0.39, 0.29) is 5.91 Å². The maximum absolute atomic E-state index is 12.7. The first kappa shape index (κ1) is 17.6. The number of anilines is 1. The highest BCUT2D eigenvalue weighted by molar-refractivity contribution is 6.05. The van der Waals surface area contributed by atoms with Crippen LogP contribution in [0, 0.1) is 12.3 Å². The predicted octanol–water partition coefficient (Wildman–Crippen LogP) is 3.32. The second kappa shape index (κ2) is 6.12. The van der Waals surface area contributed by atoms with Crippen LogP contribution < -0.4 is 5.32 Å². The molecule has 1 aliphatic carbocycles. The maximum atomic E-state index is 12.7. The van der Waals surface area contributed by atoms with E-state index in [4.69, 9.17) is 4.98 Å². The van der Waals surface area contributed by atoms with Crippen molar-refractivity contribution in [1.82, 2.24) is 29.5 Å². The van der Waals surface area contributed by atoms with Crippen LogP contribution in [0.2, 0.25) is 0 Å². The van der Waals surface area contributed by atoms with Crippen LogP contribution in [0.25, 0.3) is 16.6 Å². The Balaban J connectivity index is 1.29. The van der Waals surface area contributed by atoms with Crippen LogP contribution in [0.1, 0.15) is 47.1 Å². The molecule has 6 rings (SSSR count). The van der Waals surface area contributed by atoms with Gasteiger partial charge >= 0.3 is 0 Å². The fourth-order valence-corrected chi connectivity index (χ4v) is 4.86. The first-order valence-corrected chi connectivity index (χ1v) is 10.3. The molecule has 1 atom stereocenters. The number of imidazole rings is 1. The Morgan fingerprint density at radius 1 is 1.30 bits per heavy atom. The highest BCUT2D eigenvalue weighted by Gasteiger charge is 2.51. The topological polar surface area (TPSA) is 91.2 Å². The van der Waals surface area contributed by atoms with E-state index in [1.54, 1.807) is 18.5 Å². The minimum absolute atomic E-state index is 0.200. The van der Waals surface area contributed by atoms with Gasteiger partial charge in [-0.15, -0.1) is 0 Å². The lowest BCUT2D eigenvalue weighted by Crippen LogP contribution is -2.19. The van der Waals surface area contributed by atoms with Crippen molar-refractivity contribution in [1.29, 1.82) is 0 Å². The standard InChI is InChI=1S/C22H23N7O/c1-13-20(17-8-22(5-6-22)12-28(17)2)26-19-10-23-18(11-29(13)19)25-21(30)14-3-4-16-15(7-14)9-24-27-16/h3-4,7,9-11,17H,5-6,8,12H2,1-2H3,(H,24,27)(H,25,30)/t17-/m1/s1. The van der Waals surface area contributed by atoms with Crippen LogP contribution >= 0.6 is 0 Å². The summed E-state index contributed by atoms with van der Waals surface area (Å²) in [7, 11) is 2.20. The summed E-state index contributed by atoms with van der Waals surface area (Å²) in [5.41, 5.74) is 5.03. The first-order valence-electron chi connectivity index (χ1n) is 10.3. The number of nitrogens with zero attached hydrogens (tertiary/aromatic N) is 5. The Kier molecular flexibility index (Phi) is 3.59. The molecule has 3 aromatic heterocycles. The summed E-state index contributed by atoms with van der Waals surface area (Å²) >= 11 is 0. The van der Waals surface area contributed by atoms with Crippen LogP contribution in [-0.2, 0) is 0 Å². The summed E-state index contributed by atoms with van der Waals surface area (Å²) in [5.74, 6) is 0.305. The number of carbonyl (C=O) groups excluding carboxylic acids is 1. The number of benzene rings is 1. The Hall–Kier alpha value is -3.26. The molecular formula is C22H23N7O. The Morgan fingerprint density at radius 2 is 2.17 bits per heavy atom. The lowest BCUT2D eigenvalue weighted by molar-refractivity contribution is 0.102. The van der Waals surface area contributed by atoms with E-state index in [0.29, 0.717) is 22.8 Å². The van der Waals surface area contributed by atoms with E-state index in [9.17, 15) is 4.79 Å². The fourth-order valence-electron chi connectivity index (χ4n) is 4.86. The zero-order chi connectivity index (χ0) is 20.5. The van der Waals surface area contributed by atoms with Gasteiger partial charge in [-0.2, -0.15) is 5.10 Å². The number of aryl methyl sites for hydroxylation is 1. The third kappa shape index (κ3) is 2.71. The number of amides is 1. The van der Waals surface area contributed by atoms with Crippen LogP contribution in [0.5, 0.6) is 0 Å². The molecule has 30 heavy (non-hydrogen) atoms. The van der Waals surface area contributed by atoms with Crippen LogP contribution in [-0.4, -0.2) is 49.0 Å². The van der Waals surface area contributed by atoms with Gasteiger partial charge in [-0.05, 0) is 56.8 Å². The lowest BCUT2D eigenvalue weighted by atomic mass is 10.0. The zero-order valence-corrected chi connectivity index (χ0v) is 17.0. The van der Waals surface area contributed by atoms with E-state index < -0.39 is 0 Å². The van der Waals surface area contributed by atoms with E-state index >= 15 is 0 Å². The van der Waals surface area contributed by atoms with Crippen molar-refractivity contribution >= 4 is 28.3 Å². The summed E-state index contributed by atoms with van der Waals surface area (Å²) in [6.45, 7) is 3.26. The number of hydrogen-bond donors (Lipinski definition) is 2. The quantitative estimate of drug-likeness (QED) is 0.549. The van der Waals surface area contributed by atoms with Crippen LogP contribution in [0.4, 0.5) is 5.82 Å². The predicted molar refractivity (Wildman–Crippen MR) is 113 cm³/mol. The number of nitrogens with one attached hydrogen (secondary N) is 2. The molecule has 8 nitrogen and oxygen atoms in total. The fraction of sp³-hybridized carbons (Fsp3) is 0.364. The highest BCUT2D eigenvalue weighted by atomic mass is 16.1. The summed E-state index contributed by atoms with van der Waals surface area (Å²) in [6.07, 6.45) is 9.15. The van der Waals surface area contributed by atoms with Gasteiger partial charge in [-0.3, -0.25) is 19.2 Å². The summed E-state index contributed by atoms with van der Waals surface area (Å²) in [4.78, 5) is 24.5. The van der Waals surface area contributed by atoms with Gasteiger partial charge in [-0.25, -0.2) is 9.97 Å². The second-order valence-corrected chi connectivity index (χ2v) is 8.84. The minimum atomic E-state index is -0.200. The normalized spacial score (nSPS) is 20.4. The van der Waals surface area contributed by atoms with Gasteiger partial charge in [0.15, 0.2) is 5.65 Å². The molecule has 1 aromatic carbocycles. The number of likely N-dealkylation sites (tertiary alicyclic amines) is 1. The maximum Gasteiger partial charge on any atom is 0.256 e. The molecule has 152 valence electrons. The van der Waals surface area contributed by atoms with Crippen molar-refractivity contribution < 1.29 is 4.79 Å². The number of carbonyl (C=O) groups is 1. The molecule has 2 N–H and O–H groups in total. The first-order chi connectivity index (χ1) is 14.5. The van der Waals surface area contributed by atoms with Crippen molar-refractivity contribution in [2.24, 2.45) is 5.41 Å². The van der Waals surface area contributed by atoms with Crippen molar-refractivity contribution in [2.45, 2.75) is 32.2 Å². The number of rotatable bonds is 3. The van der Waals surface area contributed by atoms with E-state index in [0.717, 1.165) is 34.5 Å². The second-order valence-electron chi connectivity index (χ2n) is 8.84. The molecular weight excluding hydrogens is 378 g/mol. The molecule has 1 spiro atoms. The Bertz CT molecular complexity index is 1300. The van der Waals surface area contributed by atoms with Gasteiger partial charge in [0.1, 0.15) is 5.82 Å². The third-order valence-corrected chi connectivity index (χ3v) is 6.74. The summed E-state index contributed by atoms with van der Waals surface area (Å²) in [6, 6.07) is 5.80. The number of H-pyrrole nitrogens is 1. The van der Waals surface area contributed by atoms with Gasteiger partial charge in [0.05, 0.1) is 35.8 Å². The van der Waals surface area contributed by atoms with Gasteiger partial charge < -0.3 is 5.32 Å². The Morgan fingerprint density at radius 3 is 2.97 bits per heavy atom. The monoisotopic (exact) mass is 401 g/mol. The molecule has 8 heteroatoms. The molecule has 4 aromatic rings. The molecule has 0 bridgehead atoms. The number of fused-ring (bicyclic) bond motifs is 2. The summed E-state index contributed by atoms with van der Waals surface area (Å²) < 4.78 is 2.03. The molecule has 2 fully saturated rings. The van der Waals surface area contributed by atoms with E-state index in [1.165, 1.54) is 19.3 Å². The van der Waals surface area contributed by atoms with Crippen molar-refractivity contribution in [3.05, 3.63) is 53.7 Å².